The van der Waals surface area contributed by atoms with Crippen molar-refractivity contribution in [2.45, 2.75) is 59.3 Å². The van der Waals surface area contributed by atoms with Crippen LogP contribution >= 0.6 is 0 Å². The zero-order valence-electron chi connectivity index (χ0n) is 12.5. The van der Waals surface area contributed by atoms with Crippen molar-refractivity contribution in [2.24, 2.45) is 0 Å². The predicted octanol–water partition coefficient (Wildman–Crippen LogP) is 4.14. The Kier molecular flexibility index (Phi) is 7.31. The maximum atomic E-state index is 11.8. The van der Waals surface area contributed by atoms with Crippen molar-refractivity contribution >= 4 is 5.97 Å². The van der Waals surface area contributed by atoms with Crippen LogP contribution in [0.4, 0.5) is 0 Å². The van der Waals surface area contributed by atoms with Gasteiger partial charge in [0.2, 0.25) is 0 Å². The van der Waals surface area contributed by atoms with E-state index in [2.05, 4.69) is 13.0 Å². The van der Waals surface area contributed by atoms with Crippen LogP contribution in [0.1, 0.15) is 59.3 Å². The standard InChI is InChI=1S/C16H26O3/c1-4-6-7-8-9-10-11-14-12-19-13(3)15(14)16(17)18-5-2/h11H,4-10,12H2,1-3H3/b14-11-. The number of allylic oxidation sites excluding steroid dienone is 2. The Labute approximate surface area is 116 Å². The van der Waals surface area contributed by atoms with Crippen LogP contribution in [-0.2, 0) is 14.3 Å². The average molecular weight is 266 g/mol. The first kappa shape index (κ1) is 15.8. The molecule has 0 unspecified atom stereocenters. The summed E-state index contributed by atoms with van der Waals surface area (Å²) in [5.74, 6) is 0.436. The van der Waals surface area contributed by atoms with Crippen molar-refractivity contribution in [2.75, 3.05) is 13.2 Å². The van der Waals surface area contributed by atoms with Crippen LogP contribution in [0, 0.1) is 0 Å². The quantitative estimate of drug-likeness (QED) is 0.489. The number of hydrogen-bond donors (Lipinski definition) is 0. The SMILES string of the molecule is CCCCCCC/C=C1/COC(C)=C1C(=O)OCC. The summed E-state index contributed by atoms with van der Waals surface area (Å²) in [6.07, 6.45) is 9.47. The third-order valence-electron chi connectivity index (χ3n) is 3.30. The highest BCUT2D eigenvalue weighted by Gasteiger charge is 2.25. The largest absolute Gasteiger partial charge is 0.493 e. The molecule has 1 aliphatic rings. The minimum Gasteiger partial charge on any atom is -0.493 e. The summed E-state index contributed by atoms with van der Waals surface area (Å²) in [6, 6.07) is 0. The van der Waals surface area contributed by atoms with Crippen molar-refractivity contribution in [1.29, 1.82) is 0 Å². The molecule has 0 fully saturated rings. The summed E-state index contributed by atoms with van der Waals surface area (Å²) in [4.78, 5) is 11.8. The monoisotopic (exact) mass is 266 g/mol. The summed E-state index contributed by atoms with van der Waals surface area (Å²) in [5.41, 5.74) is 1.63. The van der Waals surface area contributed by atoms with Crippen LogP contribution in [0.25, 0.3) is 0 Å². The van der Waals surface area contributed by atoms with Crippen LogP contribution < -0.4 is 0 Å². The second-order valence-electron chi connectivity index (χ2n) is 4.87. The number of unbranched alkanes of at least 4 members (excludes halogenated alkanes) is 5. The van der Waals surface area contributed by atoms with E-state index >= 15 is 0 Å². The van der Waals surface area contributed by atoms with Gasteiger partial charge in [0.05, 0.1) is 6.61 Å². The molecular weight excluding hydrogens is 240 g/mol. The molecule has 0 saturated carbocycles. The number of carbonyl (C=O) groups is 1. The Morgan fingerprint density at radius 3 is 2.68 bits per heavy atom. The molecule has 0 saturated heterocycles. The highest BCUT2D eigenvalue weighted by molar-refractivity contribution is 5.94. The normalized spacial score (nSPS) is 16.9. The summed E-state index contributed by atoms with van der Waals surface area (Å²) >= 11 is 0. The van der Waals surface area contributed by atoms with E-state index in [1.165, 1.54) is 32.1 Å². The molecule has 0 aromatic heterocycles. The molecule has 0 radical (unpaired) electrons. The van der Waals surface area contributed by atoms with Crippen LogP contribution in [0.5, 0.6) is 0 Å². The minimum atomic E-state index is -0.255. The summed E-state index contributed by atoms with van der Waals surface area (Å²) < 4.78 is 10.5. The number of rotatable bonds is 8. The third-order valence-corrected chi connectivity index (χ3v) is 3.30. The van der Waals surface area contributed by atoms with Gasteiger partial charge in [-0.1, -0.05) is 38.7 Å². The molecule has 0 aromatic carbocycles. The average Bonchev–Trinajstić information content (AvgIpc) is 2.75. The second kappa shape index (κ2) is 8.78. The molecule has 108 valence electrons. The van der Waals surface area contributed by atoms with Gasteiger partial charge in [-0.15, -0.1) is 0 Å². The van der Waals surface area contributed by atoms with Gasteiger partial charge >= 0.3 is 5.97 Å². The molecule has 0 aromatic rings. The fourth-order valence-corrected chi connectivity index (χ4v) is 2.22. The lowest BCUT2D eigenvalue weighted by Crippen LogP contribution is -2.09. The maximum Gasteiger partial charge on any atom is 0.341 e. The molecule has 0 aliphatic carbocycles. The summed E-state index contributed by atoms with van der Waals surface area (Å²) in [7, 11) is 0. The molecule has 3 heteroatoms. The topological polar surface area (TPSA) is 35.5 Å². The number of hydrogen-bond acceptors (Lipinski definition) is 3. The Hall–Kier alpha value is -1.25. The van der Waals surface area contributed by atoms with E-state index in [4.69, 9.17) is 9.47 Å². The Morgan fingerprint density at radius 1 is 1.26 bits per heavy atom. The van der Waals surface area contributed by atoms with E-state index in [-0.39, 0.29) is 5.97 Å². The van der Waals surface area contributed by atoms with Crippen molar-refractivity contribution in [3.8, 4) is 0 Å². The van der Waals surface area contributed by atoms with Gasteiger partial charge in [0, 0.05) is 5.57 Å². The van der Waals surface area contributed by atoms with E-state index in [0.29, 0.717) is 24.5 Å². The zero-order valence-corrected chi connectivity index (χ0v) is 12.5. The molecule has 19 heavy (non-hydrogen) atoms. The lowest BCUT2D eigenvalue weighted by molar-refractivity contribution is -0.138. The Balaban J connectivity index is 2.46. The van der Waals surface area contributed by atoms with Gasteiger partial charge < -0.3 is 9.47 Å². The first-order valence-electron chi connectivity index (χ1n) is 7.40. The Bertz CT molecular complexity index is 353. The molecule has 0 atom stereocenters. The van der Waals surface area contributed by atoms with E-state index in [9.17, 15) is 4.79 Å². The Morgan fingerprint density at radius 2 is 2.00 bits per heavy atom. The van der Waals surface area contributed by atoms with E-state index in [0.717, 1.165) is 12.0 Å². The molecule has 0 spiro atoms. The second-order valence-corrected chi connectivity index (χ2v) is 4.87. The molecule has 1 heterocycles. The van der Waals surface area contributed by atoms with Gasteiger partial charge in [-0.05, 0) is 26.7 Å². The van der Waals surface area contributed by atoms with Crippen molar-refractivity contribution in [3.63, 3.8) is 0 Å². The number of carbonyl (C=O) groups excluding carboxylic acids is 1. The molecule has 1 rings (SSSR count). The fourth-order valence-electron chi connectivity index (χ4n) is 2.22. The highest BCUT2D eigenvalue weighted by atomic mass is 16.5. The van der Waals surface area contributed by atoms with Crippen molar-refractivity contribution < 1.29 is 14.3 Å². The minimum absolute atomic E-state index is 0.255. The molecule has 0 N–H and O–H groups in total. The van der Waals surface area contributed by atoms with Crippen LogP contribution in [-0.4, -0.2) is 19.2 Å². The van der Waals surface area contributed by atoms with Gasteiger partial charge in [-0.25, -0.2) is 4.79 Å². The van der Waals surface area contributed by atoms with Crippen molar-refractivity contribution in [3.05, 3.63) is 23.0 Å². The highest BCUT2D eigenvalue weighted by Crippen LogP contribution is 2.26. The smallest absolute Gasteiger partial charge is 0.341 e. The number of esters is 1. The van der Waals surface area contributed by atoms with E-state index < -0.39 is 0 Å². The first-order valence-corrected chi connectivity index (χ1v) is 7.40. The predicted molar refractivity (Wildman–Crippen MR) is 76.7 cm³/mol. The van der Waals surface area contributed by atoms with Crippen LogP contribution in [0.2, 0.25) is 0 Å². The van der Waals surface area contributed by atoms with E-state index in [1.807, 2.05) is 13.8 Å². The molecule has 3 nitrogen and oxygen atoms in total. The first-order chi connectivity index (χ1) is 9.20. The van der Waals surface area contributed by atoms with Crippen molar-refractivity contribution in [1.82, 2.24) is 0 Å². The summed E-state index contributed by atoms with van der Waals surface area (Å²) in [5, 5.41) is 0. The summed E-state index contributed by atoms with van der Waals surface area (Å²) in [6.45, 7) is 6.78. The zero-order chi connectivity index (χ0) is 14.1. The van der Waals surface area contributed by atoms with Gasteiger partial charge in [0.1, 0.15) is 17.9 Å². The molecular formula is C16H26O3. The lowest BCUT2D eigenvalue weighted by atomic mass is 10.0. The molecule has 0 amide bonds. The van der Waals surface area contributed by atoms with Gasteiger partial charge in [0.15, 0.2) is 0 Å². The third kappa shape index (κ3) is 5.09. The maximum absolute atomic E-state index is 11.8. The molecule has 1 aliphatic heterocycles. The van der Waals surface area contributed by atoms with Gasteiger partial charge in [-0.3, -0.25) is 0 Å². The van der Waals surface area contributed by atoms with Crippen LogP contribution in [0.15, 0.2) is 23.0 Å². The van der Waals surface area contributed by atoms with Gasteiger partial charge in [0.25, 0.3) is 0 Å². The molecule has 0 bridgehead atoms. The van der Waals surface area contributed by atoms with E-state index in [1.54, 1.807) is 0 Å². The van der Waals surface area contributed by atoms with Gasteiger partial charge in [-0.2, -0.15) is 0 Å². The number of ether oxygens (including phenoxy) is 2. The fraction of sp³-hybridized carbons (Fsp3) is 0.688. The lowest BCUT2D eigenvalue weighted by Gasteiger charge is -2.04. The van der Waals surface area contributed by atoms with Crippen LogP contribution in [0.3, 0.4) is 0 Å².